The summed E-state index contributed by atoms with van der Waals surface area (Å²) in [7, 11) is 0. The summed E-state index contributed by atoms with van der Waals surface area (Å²) in [4.78, 5) is 4.57. The molecule has 0 N–H and O–H groups in total. The normalized spacial score (nSPS) is 17.9. The molecule has 1 unspecified atom stereocenters. The van der Waals surface area contributed by atoms with Crippen molar-refractivity contribution in [2.24, 2.45) is 0 Å². The van der Waals surface area contributed by atoms with E-state index in [0.717, 1.165) is 16.9 Å². The van der Waals surface area contributed by atoms with Gasteiger partial charge in [0.05, 0.1) is 15.9 Å². The van der Waals surface area contributed by atoms with Crippen LogP contribution in [0.25, 0.3) is 11.0 Å². The van der Waals surface area contributed by atoms with Gasteiger partial charge in [0.15, 0.2) is 0 Å². The minimum Gasteiger partial charge on any atom is -0.324 e. The predicted octanol–water partition coefficient (Wildman–Crippen LogP) is 4.32. The van der Waals surface area contributed by atoms with Gasteiger partial charge in [-0.05, 0) is 31.9 Å². The Hall–Kier alpha value is -0.730. The highest BCUT2D eigenvalue weighted by atomic mass is 35.5. The Kier molecular flexibility index (Phi) is 2.37. The van der Waals surface area contributed by atoms with E-state index >= 15 is 0 Å². The van der Waals surface area contributed by atoms with Crippen molar-refractivity contribution in [3.8, 4) is 0 Å². The fourth-order valence-electron chi connectivity index (χ4n) is 2.10. The molecular weight excluding hydrogens is 243 g/mol. The average Bonchev–Trinajstić information content (AvgIpc) is 2.99. The van der Waals surface area contributed by atoms with Crippen LogP contribution in [0.2, 0.25) is 5.02 Å². The SMILES string of the molecule is CC(Cl)c1nc2c(Cl)cccc2n1C1CC1. The molecule has 4 heteroatoms. The number of halogens is 2. The van der Waals surface area contributed by atoms with E-state index in [1.165, 1.54) is 12.8 Å². The lowest BCUT2D eigenvalue weighted by molar-refractivity contribution is 0.700. The molecule has 1 heterocycles. The van der Waals surface area contributed by atoms with Gasteiger partial charge in [0.25, 0.3) is 0 Å². The molecule has 0 saturated heterocycles. The van der Waals surface area contributed by atoms with Crippen LogP contribution in [-0.2, 0) is 0 Å². The third-order valence-electron chi connectivity index (χ3n) is 2.97. The van der Waals surface area contributed by atoms with Gasteiger partial charge >= 0.3 is 0 Å². The van der Waals surface area contributed by atoms with Crippen molar-refractivity contribution in [3.05, 3.63) is 29.0 Å². The van der Waals surface area contributed by atoms with E-state index in [1.807, 2.05) is 19.1 Å². The van der Waals surface area contributed by atoms with Gasteiger partial charge in [0.2, 0.25) is 0 Å². The minimum atomic E-state index is -0.0796. The third-order valence-corrected chi connectivity index (χ3v) is 3.47. The quantitative estimate of drug-likeness (QED) is 0.730. The molecule has 1 aromatic heterocycles. The van der Waals surface area contributed by atoms with E-state index in [0.29, 0.717) is 11.1 Å². The van der Waals surface area contributed by atoms with Crippen molar-refractivity contribution in [1.29, 1.82) is 0 Å². The van der Waals surface area contributed by atoms with Crippen LogP contribution >= 0.6 is 23.2 Å². The molecule has 1 aliphatic rings. The highest BCUT2D eigenvalue weighted by Crippen LogP contribution is 2.41. The Morgan fingerprint density at radius 2 is 2.19 bits per heavy atom. The van der Waals surface area contributed by atoms with Crippen molar-refractivity contribution < 1.29 is 0 Å². The summed E-state index contributed by atoms with van der Waals surface area (Å²) in [6.45, 7) is 1.95. The van der Waals surface area contributed by atoms with Gasteiger partial charge in [-0.2, -0.15) is 0 Å². The number of alkyl halides is 1. The molecule has 0 radical (unpaired) electrons. The first-order chi connectivity index (χ1) is 7.68. The monoisotopic (exact) mass is 254 g/mol. The first-order valence-corrected chi connectivity index (χ1v) is 6.30. The molecule has 84 valence electrons. The van der Waals surface area contributed by atoms with Crippen LogP contribution in [-0.4, -0.2) is 9.55 Å². The van der Waals surface area contributed by atoms with E-state index < -0.39 is 0 Å². The average molecular weight is 255 g/mol. The fraction of sp³-hybridized carbons (Fsp3) is 0.417. The zero-order chi connectivity index (χ0) is 11.3. The summed E-state index contributed by atoms with van der Waals surface area (Å²) >= 11 is 12.3. The molecule has 1 atom stereocenters. The Balaban J connectivity index is 2.32. The Morgan fingerprint density at radius 3 is 2.81 bits per heavy atom. The molecule has 2 aromatic rings. The molecule has 16 heavy (non-hydrogen) atoms. The lowest BCUT2D eigenvalue weighted by Crippen LogP contribution is -2.01. The van der Waals surface area contributed by atoms with Gasteiger partial charge in [-0.3, -0.25) is 0 Å². The standard InChI is InChI=1S/C12H12Cl2N2/c1-7(13)12-15-11-9(14)3-2-4-10(11)16(12)8-5-6-8/h2-4,7-8H,5-6H2,1H3. The second-order valence-electron chi connectivity index (χ2n) is 4.29. The van der Waals surface area contributed by atoms with Crippen molar-refractivity contribution in [1.82, 2.24) is 9.55 Å². The number of aromatic nitrogens is 2. The van der Waals surface area contributed by atoms with Crippen LogP contribution < -0.4 is 0 Å². The maximum atomic E-state index is 6.18. The van der Waals surface area contributed by atoms with Gasteiger partial charge < -0.3 is 4.57 Å². The highest BCUT2D eigenvalue weighted by molar-refractivity contribution is 6.35. The van der Waals surface area contributed by atoms with Crippen LogP contribution in [0, 0.1) is 0 Å². The molecule has 0 spiro atoms. The number of para-hydroxylation sites is 1. The number of benzene rings is 1. The Morgan fingerprint density at radius 1 is 1.44 bits per heavy atom. The Bertz CT molecular complexity index is 541. The fourth-order valence-corrected chi connectivity index (χ4v) is 2.46. The van der Waals surface area contributed by atoms with Gasteiger partial charge in [-0.15, -0.1) is 11.6 Å². The summed E-state index contributed by atoms with van der Waals surface area (Å²) in [5.74, 6) is 0.937. The maximum Gasteiger partial charge on any atom is 0.128 e. The van der Waals surface area contributed by atoms with Crippen molar-refractivity contribution in [3.63, 3.8) is 0 Å². The summed E-state index contributed by atoms with van der Waals surface area (Å²) in [6.07, 6.45) is 2.43. The lowest BCUT2D eigenvalue weighted by atomic mass is 10.3. The molecule has 2 nitrogen and oxygen atoms in total. The maximum absolute atomic E-state index is 6.18. The number of hydrogen-bond donors (Lipinski definition) is 0. The largest absolute Gasteiger partial charge is 0.324 e. The second kappa shape index (κ2) is 3.64. The number of imidazole rings is 1. The molecule has 0 bridgehead atoms. The van der Waals surface area contributed by atoms with Crippen molar-refractivity contribution in [2.45, 2.75) is 31.2 Å². The smallest absolute Gasteiger partial charge is 0.128 e. The van der Waals surface area contributed by atoms with Crippen LogP contribution in [0.4, 0.5) is 0 Å². The van der Waals surface area contributed by atoms with Gasteiger partial charge in [-0.1, -0.05) is 17.7 Å². The zero-order valence-corrected chi connectivity index (χ0v) is 10.5. The summed E-state index contributed by atoms with van der Waals surface area (Å²) < 4.78 is 2.25. The van der Waals surface area contributed by atoms with Crippen LogP contribution in [0.1, 0.15) is 37.0 Å². The molecule has 0 aliphatic heterocycles. The summed E-state index contributed by atoms with van der Waals surface area (Å²) in [5, 5.41) is 0.625. The van der Waals surface area contributed by atoms with Gasteiger partial charge in [0, 0.05) is 6.04 Å². The number of rotatable bonds is 2. The molecule has 3 rings (SSSR count). The molecule has 1 fully saturated rings. The predicted molar refractivity (Wildman–Crippen MR) is 67.3 cm³/mol. The lowest BCUT2D eigenvalue weighted by Gasteiger charge is -2.08. The first-order valence-electron chi connectivity index (χ1n) is 5.49. The molecule has 1 aliphatic carbocycles. The van der Waals surface area contributed by atoms with Gasteiger partial charge in [0.1, 0.15) is 11.3 Å². The minimum absolute atomic E-state index is 0.0796. The second-order valence-corrected chi connectivity index (χ2v) is 5.36. The summed E-state index contributed by atoms with van der Waals surface area (Å²) in [5.41, 5.74) is 1.98. The van der Waals surface area contributed by atoms with Crippen molar-refractivity contribution >= 4 is 34.2 Å². The van der Waals surface area contributed by atoms with E-state index in [-0.39, 0.29) is 5.38 Å². The molecular formula is C12H12Cl2N2. The van der Waals surface area contributed by atoms with Crippen LogP contribution in [0.15, 0.2) is 18.2 Å². The number of hydrogen-bond acceptors (Lipinski definition) is 1. The van der Waals surface area contributed by atoms with E-state index in [1.54, 1.807) is 0 Å². The number of fused-ring (bicyclic) bond motifs is 1. The van der Waals surface area contributed by atoms with Crippen LogP contribution in [0.3, 0.4) is 0 Å². The first kappa shape index (κ1) is 10.4. The summed E-state index contributed by atoms with van der Waals surface area (Å²) in [6, 6.07) is 6.47. The highest BCUT2D eigenvalue weighted by Gasteiger charge is 2.29. The molecule has 0 amide bonds. The number of nitrogens with zero attached hydrogens (tertiary/aromatic N) is 2. The molecule has 1 aromatic carbocycles. The van der Waals surface area contributed by atoms with Crippen molar-refractivity contribution in [2.75, 3.05) is 0 Å². The van der Waals surface area contributed by atoms with E-state index in [2.05, 4.69) is 15.6 Å². The zero-order valence-electron chi connectivity index (χ0n) is 8.95. The molecule has 1 saturated carbocycles. The third kappa shape index (κ3) is 1.52. The topological polar surface area (TPSA) is 17.8 Å². The van der Waals surface area contributed by atoms with E-state index in [4.69, 9.17) is 23.2 Å². The van der Waals surface area contributed by atoms with Crippen LogP contribution in [0.5, 0.6) is 0 Å². The van der Waals surface area contributed by atoms with Gasteiger partial charge in [-0.25, -0.2) is 4.98 Å². The van der Waals surface area contributed by atoms with E-state index in [9.17, 15) is 0 Å². The Labute approximate surface area is 104 Å².